The average molecular weight is 583 g/mol. The molecule has 0 unspecified atom stereocenters. The Bertz CT molecular complexity index is 1530. The SMILES string of the molecule is COc1cccc([C@]23C=C(c4cc(OC)ccc4Br)CN(Cc4ccccc4)[C@H]2Cc2cccc(OC)c23)c1. The zero-order chi connectivity index (χ0) is 27.0. The third-order valence-corrected chi connectivity index (χ3v) is 8.89. The van der Waals surface area contributed by atoms with Gasteiger partial charge in [-0.25, -0.2) is 0 Å². The largest absolute Gasteiger partial charge is 0.497 e. The van der Waals surface area contributed by atoms with Crippen LogP contribution in [-0.2, 0) is 18.4 Å². The van der Waals surface area contributed by atoms with Gasteiger partial charge in [0.15, 0.2) is 0 Å². The first-order chi connectivity index (χ1) is 19.1. The van der Waals surface area contributed by atoms with E-state index in [1.165, 1.54) is 27.8 Å². The number of halogens is 1. The van der Waals surface area contributed by atoms with Crippen molar-refractivity contribution in [1.82, 2.24) is 4.90 Å². The molecule has 0 N–H and O–H groups in total. The maximum atomic E-state index is 6.06. The van der Waals surface area contributed by atoms with E-state index < -0.39 is 5.41 Å². The molecule has 4 nitrogen and oxygen atoms in total. The van der Waals surface area contributed by atoms with Gasteiger partial charge in [0, 0.05) is 29.2 Å². The smallest absolute Gasteiger partial charge is 0.123 e. The molecule has 0 radical (unpaired) electrons. The highest BCUT2D eigenvalue weighted by Gasteiger charge is 2.53. The fraction of sp³-hybridized carbons (Fsp3) is 0.235. The van der Waals surface area contributed by atoms with Crippen LogP contribution in [0.25, 0.3) is 5.57 Å². The van der Waals surface area contributed by atoms with Gasteiger partial charge in [-0.05, 0) is 70.6 Å². The molecule has 2 atom stereocenters. The van der Waals surface area contributed by atoms with Crippen LogP contribution in [0.5, 0.6) is 17.2 Å². The summed E-state index contributed by atoms with van der Waals surface area (Å²) in [4.78, 5) is 2.63. The number of nitrogens with zero attached hydrogens (tertiary/aromatic N) is 1. The molecule has 198 valence electrons. The summed E-state index contributed by atoms with van der Waals surface area (Å²) in [5.41, 5.74) is 6.99. The normalized spacial score (nSPS) is 20.1. The van der Waals surface area contributed by atoms with E-state index in [1.807, 2.05) is 12.1 Å². The van der Waals surface area contributed by atoms with E-state index in [0.29, 0.717) is 0 Å². The van der Waals surface area contributed by atoms with Gasteiger partial charge >= 0.3 is 0 Å². The second-order valence-electron chi connectivity index (χ2n) is 10.2. The Morgan fingerprint density at radius 2 is 1.59 bits per heavy atom. The predicted molar refractivity (Wildman–Crippen MR) is 160 cm³/mol. The molecule has 0 saturated carbocycles. The lowest BCUT2D eigenvalue weighted by Gasteiger charge is -2.46. The number of hydrogen-bond donors (Lipinski definition) is 0. The number of ether oxygens (including phenoxy) is 3. The van der Waals surface area contributed by atoms with E-state index in [4.69, 9.17) is 14.2 Å². The first kappa shape index (κ1) is 25.7. The summed E-state index contributed by atoms with van der Waals surface area (Å²) in [7, 11) is 5.22. The van der Waals surface area contributed by atoms with E-state index >= 15 is 0 Å². The molecule has 4 aromatic carbocycles. The van der Waals surface area contributed by atoms with Gasteiger partial charge in [0.05, 0.1) is 26.7 Å². The van der Waals surface area contributed by atoms with Gasteiger partial charge in [0.25, 0.3) is 0 Å². The monoisotopic (exact) mass is 581 g/mol. The van der Waals surface area contributed by atoms with Gasteiger partial charge in [-0.2, -0.15) is 0 Å². The van der Waals surface area contributed by atoms with E-state index in [2.05, 4.69) is 106 Å². The minimum Gasteiger partial charge on any atom is -0.497 e. The molecule has 0 fully saturated rings. The van der Waals surface area contributed by atoms with Crippen LogP contribution < -0.4 is 14.2 Å². The third kappa shape index (κ3) is 4.44. The Labute approximate surface area is 239 Å². The van der Waals surface area contributed by atoms with Gasteiger partial charge in [-0.1, -0.05) is 76.6 Å². The summed E-state index contributed by atoms with van der Waals surface area (Å²) < 4.78 is 18.5. The highest BCUT2D eigenvalue weighted by molar-refractivity contribution is 9.10. The molecule has 6 rings (SSSR count). The van der Waals surface area contributed by atoms with Gasteiger partial charge in [0.1, 0.15) is 17.2 Å². The first-order valence-corrected chi connectivity index (χ1v) is 14.0. The van der Waals surface area contributed by atoms with Crippen molar-refractivity contribution in [2.24, 2.45) is 0 Å². The van der Waals surface area contributed by atoms with Crippen molar-refractivity contribution in [3.8, 4) is 17.2 Å². The molecule has 0 bridgehead atoms. The Hall–Kier alpha value is -3.54. The minimum absolute atomic E-state index is 0.198. The molecule has 0 spiro atoms. The zero-order valence-electron chi connectivity index (χ0n) is 22.5. The average Bonchev–Trinajstić information content (AvgIpc) is 3.34. The molecule has 1 heterocycles. The molecule has 2 aliphatic rings. The Morgan fingerprint density at radius 3 is 2.36 bits per heavy atom. The van der Waals surface area contributed by atoms with Crippen molar-refractivity contribution in [3.05, 3.63) is 129 Å². The number of fused-ring (bicyclic) bond motifs is 3. The van der Waals surface area contributed by atoms with Gasteiger partial charge in [0.2, 0.25) is 0 Å². The van der Waals surface area contributed by atoms with Crippen LogP contribution in [0.3, 0.4) is 0 Å². The number of benzene rings is 4. The lowest BCUT2D eigenvalue weighted by atomic mass is 9.68. The molecule has 0 saturated heterocycles. The summed E-state index contributed by atoms with van der Waals surface area (Å²) in [6.07, 6.45) is 3.42. The summed E-state index contributed by atoms with van der Waals surface area (Å²) in [5, 5.41) is 0. The Kier molecular flexibility index (Phi) is 6.96. The second kappa shape index (κ2) is 10.6. The summed E-state index contributed by atoms with van der Waals surface area (Å²) in [6.45, 7) is 1.65. The Balaban J connectivity index is 1.65. The maximum absolute atomic E-state index is 6.06. The summed E-state index contributed by atoms with van der Waals surface area (Å²) in [6, 6.07) is 32.1. The summed E-state index contributed by atoms with van der Waals surface area (Å²) in [5.74, 6) is 2.60. The lowest BCUT2D eigenvalue weighted by molar-refractivity contribution is 0.166. The van der Waals surface area contributed by atoms with Crippen LogP contribution in [0.15, 0.2) is 102 Å². The predicted octanol–water partition coefficient (Wildman–Crippen LogP) is 7.29. The maximum Gasteiger partial charge on any atom is 0.123 e. The molecule has 1 aliphatic heterocycles. The van der Waals surface area contributed by atoms with Crippen molar-refractivity contribution < 1.29 is 14.2 Å². The van der Waals surface area contributed by atoms with Crippen LogP contribution in [-0.4, -0.2) is 38.8 Å². The first-order valence-electron chi connectivity index (χ1n) is 13.2. The van der Waals surface area contributed by atoms with E-state index in [-0.39, 0.29) is 6.04 Å². The van der Waals surface area contributed by atoms with Crippen molar-refractivity contribution in [1.29, 1.82) is 0 Å². The van der Waals surface area contributed by atoms with E-state index in [0.717, 1.165) is 46.8 Å². The van der Waals surface area contributed by atoms with Crippen molar-refractivity contribution in [3.63, 3.8) is 0 Å². The van der Waals surface area contributed by atoms with Crippen LogP contribution in [0.1, 0.15) is 27.8 Å². The molecule has 0 amide bonds. The molecule has 0 aromatic heterocycles. The highest BCUT2D eigenvalue weighted by atomic mass is 79.9. The molecular formula is C34H32BrNO3. The van der Waals surface area contributed by atoms with Crippen LogP contribution in [0, 0.1) is 0 Å². The van der Waals surface area contributed by atoms with Gasteiger partial charge in [-0.15, -0.1) is 0 Å². The quantitative estimate of drug-likeness (QED) is 0.229. The highest BCUT2D eigenvalue weighted by Crippen LogP contribution is 2.55. The van der Waals surface area contributed by atoms with Crippen LogP contribution in [0.2, 0.25) is 0 Å². The molecule has 4 aromatic rings. The third-order valence-electron chi connectivity index (χ3n) is 8.20. The standard InChI is InChI=1S/C34H32BrNO3/c1-37-27-13-8-12-26(18-27)34-20-25(29-19-28(38-2)15-16-30(29)35)22-36(21-23-9-5-4-6-10-23)32(34)17-24-11-7-14-31(39-3)33(24)34/h4-16,18-20,32H,17,21-22H2,1-3H3/t32-,34+/m0/s1. The number of methoxy groups -OCH3 is 3. The van der Waals surface area contributed by atoms with Gasteiger partial charge in [-0.3, -0.25) is 4.90 Å². The van der Waals surface area contributed by atoms with Crippen molar-refractivity contribution in [2.45, 2.75) is 24.4 Å². The molecule has 5 heteroatoms. The fourth-order valence-electron chi connectivity index (χ4n) is 6.48. The topological polar surface area (TPSA) is 30.9 Å². The van der Waals surface area contributed by atoms with Crippen molar-refractivity contribution >= 4 is 21.5 Å². The van der Waals surface area contributed by atoms with Crippen molar-refractivity contribution in [2.75, 3.05) is 27.9 Å². The fourth-order valence-corrected chi connectivity index (χ4v) is 6.98. The Morgan fingerprint density at radius 1 is 0.821 bits per heavy atom. The van der Waals surface area contributed by atoms with Crippen LogP contribution >= 0.6 is 15.9 Å². The van der Waals surface area contributed by atoms with Crippen LogP contribution in [0.4, 0.5) is 0 Å². The number of hydrogen-bond acceptors (Lipinski definition) is 4. The molecular weight excluding hydrogens is 550 g/mol. The summed E-state index contributed by atoms with van der Waals surface area (Å²) >= 11 is 3.85. The van der Waals surface area contributed by atoms with Gasteiger partial charge < -0.3 is 14.2 Å². The molecule has 39 heavy (non-hydrogen) atoms. The molecule has 1 aliphatic carbocycles. The van der Waals surface area contributed by atoms with E-state index in [9.17, 15) is 0 Å². The zero-order valence-corrected chi connectivity index (χ0v) is 24.1. The number of rotatable bonds is 7. The second-order valence-corrected chi connectivity index (χ2v) is 11.1. The lowest BCUT2D eigenvalue weighted by Crippen LogP contribution is -2.51. The minimum atomic E-state index is -0.443. The van der Waals surface area contributed by atoms with E-state index in [1.54, 1.807) is 21.3 Å².